The highest BCUT2D eigenvalue weighted by Crippen LogP contribution is 2.30. The van der Waals surface area contributed by atoms with Gasteiger partial charge in [0.1, 0.15) is 0 Å². The van der Waals surface area contributed by atoms with E-state index in [0.29, 0.717) is 5.56 Å². The molecule has 1 aromatic heterocycles. The second-order valence-corrected chi connectivity index (χ2v) is 8.14. The number of aromatic nitrogens is 1. The van der Waals surface area contributed by atoms with Crippen molar-refractivity contribution in [3.05, 3.63) is 69.9 Å². The molecule has 30 heavy (non-hydrogen) atoms. The summed E-state index contributed by atoms with van der Waals surface area (Å²) in [5, 5.41) is 6.63. The monoisotopic (exact) mass is 401 g/mol. The molecule has 3 aromatic rings. The molecule has 0 fully saturated rings. The standard InChI is InChI=1S/C25H27N3O2/c1-15-11-12-21-19(13-15)23(18-9-4-5-10-20(18)27-21)25(30)26-14-22(29)28-24-16(2)7-6-8-17(24)3/h6-8,11-13H,4-5,9-10,14H2,1-3H3,(H,26,30)(H,28,29). The van der Waals surface area contributed by atoms with Gasteiger partial charge in [0.25, 0.3) is 5.91 Å². The van der Waals surface area contributed by atoms with E-state index in [0.717, 1.165) is 70.2 Å². The minimum absolute atomic E-state index is 0.0724. The Morgan fingerprint density at radius 1 is 1.00 bits per heavy atom. The first kappa shape index (κ1) is 20.1. The lowest BCUT2D eigenvalue weighted by atomic mass is 9.89. The first-order chi connectivity index (χ1) is 14.4. The molecule has 2 aromatic carbocycles. The first-order valence-electron chi connectivity index (χ1n) is 10.5. The summed E-state index contributed by atoms with van der Waals surface area (Å²) in [6.07, 6.45) is 3.89. The van der Waals surface area contributed by atoms with Gasteiger partial charge in [-0.05, 0) is 75.3 Å². The zero-order valence-corrected chi connectivity index (χ0v) is 17.8. The highest BCUT2D eigenvalue weighted by atomic mass is 16.2. The number of carbonyl (C=O) groups excluding carboxylic acids is 2. The number of hydrogen-bond acceptors (Lipinski definition) is 3. The van der Waals surface area contributed by atoms with Gasteiger partial charge in [-0.1, -0.05) is 29.8 Å². The molecule has 1 aliphatic carbocycles. The van der Waals surface area contributed by atoms with Crippen molar-refractivity contribution >= 4 is 28.4 Å². The van der Waals surface area contributed by atoms with Gasteiger partial charge in [-0.3, -0.25) is 14.6 Å². The predicted octanol–water partition coefficient (Wildman–Crippen LogP) is 4.41. The number of para-hydroxylation sites is 1. The Hall–Kier alpha value is -3.21. The molecule has 4 rings (SSSR count). The van der Waals surface area contributed by atoms with Crippen molar-refractivity contribution in [3.8, 4) is 0 Å². The maximum atomic E-state index is 13.2. The number of pyridine rings is 1. The Morgan fingerprint density at radius 2 is 1.73 bits per heavy atom. The van der Waals surface area contributed by atoms with Crippen LogP contribution < -0.4 is 10.6 Å². The van der Waals surface area contributed by atoms with Gasteiger partial charge in [0.2, 0.25) is 5.91 Å². The van der Waals surface area contributed by atoms with E-state index in [1.165, 1.54) is 0 Å². The minimum Gasteiger partial charge on any atom is -0.343 e. The SMILES string of the molecule is Cc1ccc2nc3c(c(C(=O)NCC(=O)Nc4c(C)cccc4C)c2c1)CCCC3. The van der Waals surface area contributed by atoms with E-state index in [1.54, 1.807) is 0 Å². The predicted molar refractivity (Wildman–Crippen MR) is 120 cm³/mol. The van der Waals surface area contributed by atoms with Gasteiger partial charge in [0, 0.05) is 16.8 Å². The second-order valence-electron chi connectivity index (χ2n) is 8.14. The van der Waals surface area contributed by atoms with Gasteiger partial charge < -0.3 is 10.6 Å². The Morgan fingerprint density at radius 3 is 2.50 bits per heavy atom. The van der Waals surface area contributed by atoms with Gasteiger partial charge >= 0.3 is 0 Å². The molecule has 5 heteroatoms. The Bertz CT molecular complexity index is 1130. The zero-order valence-electron chi connectivity index (χ0n) is 17.8. The Kier molecular flexibility index (Phi) is 5.53. The number of fused-ring (bicyclic) bond motifs is 2. The Balaban J connectivity index is 1.59. The molecule has 2 amide bonds. The van der Waals surface area contributed by atoms with E-state index in [1.807, 2.05) is 57.2 Å². The van der Waals surface area contributed by atoms with Crippen LogP contribution in [-0.4, -0.2) is 23.3 Å². The fraction of sp³-hybridized carbons (Fsp3) is 0.320. The molecule has 0 aliphatic heterocycles. The lowest BCUT2D eigenvalue weighted by Gasteiger charge is -2.20. The number of nitrogens with zero attached hydrogens (tertiary/aromatic N) is 1. The highest BCUT2D eigenvalue weighted by Gasteiger charge is 2.23. The molecule has 1 aliphatic rings. The molecule has 0 saturated heterocycles. The van der Waals surface area contributed by atoms with Crippen LogP contribution >= 0.6 is 0 Å². The third-order valence-electron chi connectivity index (χ3n) is 5.80. The minimum atomic E-state index is -0.232. The fourth-order valence-corrected chi connectivity index (χ4v) is 4.24. The second kappa shape index (κ2) is 8.27. The van der Waals surface area contributed by atoms with E-state index < -0.39 is 0 Å². The average Bonchev–Trinajstić information content (AvgIpc) is 2.73. The van der Waals surface area contributed by atoms with Crippen LogP contribution in [0.1, 0.15) is 51.1 Å². The van der Waals surface area contributed by atoms with Gasteiger partial charge in [0.15, 0.2) is 0 Å². The van der Waals surface area contributed by atoms with Crippen molar-refractivity contribution in [2.24, 2.45) is 0 Å². The summed E-state index contributed by atoms with van der Waals surface area (Å²) >= 11 is 0. The average molecular weight is 402 g/mol. The van der Waals surface area contributed by atoms with Crippen molar-refractivity contribution in [1.29, 1.82) is 0 Å². The number of hydrogen-bond donors (Lipinski definition) is 2. The summed E-state index contributed by atoms with van der Waals surface area (Å²) < 4.78 is 0. The third-order valence-corrected chi connectivity index (χ3v) is 5.80. The van der Waals surface area contributed by atoms with Crippen molar-refractivity contribution < 1.29 is 9.59 Å². The molecule has 154 valence electrons. The van der Waals surface area contributed by atoms with Crippen molar-refractivity contribution in [2.75, 3.05) is 11.9 Å². The lowest BCUT2D eigenvalue weighted by Crippen LogP contribution is -2.34. The number of amides is 2. The zero-order chi connectivity index (χ0) is 21.3. The number of anilines is 1. The molecule has 0 atom stereocenters. The van der Waals surface area contributed by atoms with E-state index in [9.17, 15) is 9.59 Å². The molecule has 0 bridgehead atoms. The van der Waals surface area contributed by atoms with Gasteiger partial charge in [0.05, 0.1) is 17.6 Å². The summed E-state index contributed by atoms with van der Waals surface area (Å²) in [4.78, 5) is 30.5. The summed E-state index contributed by atoms with van der Waals surface area (Å²) in [5.74, 6) is -0.438. The maximum absolute atomic E-state index is 13.2. The van der Waals surface area contributed by atoms with Crippen LogP contribution in [0.15, 0.2) is 36.4 Å². The van der Waals surface area contributed by atoms with Gasteiger partial charge in [-0.15, -0.1) is 0 Å². The number of aryl methyl sites for hydroxylation is 4. The van der Waals surface area contributed by atoms with Crippen LogP contribution in [0.4, 0.5) is 5.69 Å². The molecule has 5 nitrogen and oxygen atoms in total. The largest absolute Gasteiger partial charge is 0.343 e. The number of rotatable bonds is 4. The molecular weight excluding hydrogens is 374 g/mol. The normalized spacial score (nSPS) is 13.0. The van der Waals surface area contributed by atoms with Crippen LogP contribution in [0.2, 0.25) is 0 Å². The van der Waals surface area contributed by atoms with E-state index in [4.69, 9.17) is 4.98 Å². The van der Waals surface area contributed by atoms with Gasteiger partial charge in [-0.2, -0.15) is 0 Å². The third kappa shape index (κ3) is 3.92. The number of benzene rings is 2. The summed E-state index contributed by atoms with van der Waals surface area (Å²) in [5.41, 5.74) is 7.46. The first-order valence-corrected chi connectivity index (χ1v) is 10.5. The van der Waals surface area contributed by atoms with Crippen LogP contribution in [0.5, 0.6) is 0 Å². The maximum Gasteiger partial charge on any atom is 0.252 e. The highest BCUT2D eigenvalue weighted by molar-refractivity contribution is 6.09. The molecule has 0 radical (unpaired) electrons. The fourth-order valence-electron chi connectivity index (χ4n) is 4.24. The van der Waals surface area contributed by atoms with Crippen LogP contribution in [0.25, 0.3) is 10.9 Å². The molecule has 2 N–H and O–H groups in total. The van der Waals surface area contributed by atoms with Crippen molar-refractivity contribution in [2.45, 2.75) is 46.5 Å². The molecule has 0 unspecified atom stereocenters. The van der Waals surface area contributed by atoms with Crippen molar-refractivity contribution in [3.63, 3.8) is 0 Å². The summed E-state index contributed by atoms with van der Waals surface area (Å²) in [6.45, 7) is 5.85. The quantitative estimate of drug-likeness (QED) is 0.680. The number of nitrogens with one attached hydrogen (secondary N) is 2. The molecular formula is C25H27N3O2. The topological polar surface area (TPSA) is 71.1 Å². The Labute approximate surface area is 176 Å². The summed E-state index contributed by atoms with van der Waals surface area (Å²) in [7, 11) is 0. The van der Waals surface area contributed by atoms with Crippen molar-refractivity contribution in [1.82, 2.24) is 10.3 Å². The van der Waals surface area contributed by atoms with E-state index >= 15 is 0 Å². The van der Waals surface area contributed by atoms with E-state index in [-0.39, 0.29) is 18.4 Å². The number of carbonyl (C=O) groups is 2. The smallest absolute Gasteiger partial charge is 0.252 e. The summed E-state index contributed by atoms with van der Waals surface area (Å²) in [6, 6.07) is 11.9. The van der Waals surface area contributed by atoms with Crippen LogP contribution in [-0.2, 0) is 17.6 Å². The molecule has 0 saturated carbocycles. The lowest BCUT2D eigenvalue weighted by molar-refractivity contribution is -0.115. The molecule has 1 heterocycles. The van der Waals surface area contributed by atoms with Crippen LogP contribution in [0.3, 0.4) is 0 Å². The van der Waals surface area contributed by atoms with Gasteiger partial charge in [-0.25, -0.2) is 0 Å². The van der Waals surface area contributed by atoms with Crippen LogP contribution in [0, 0.1) is 20.8 Å². The molecule has 0 spiro atoms. The van der Waals surface area contributed by atoms with E-state index in [2.05, 4.69) is 10.6 Å².